The molecule has 19 heavy (non-hydrogen) atoms. The van der Waals surface area contributed by atoms with Crippen LogP contribution in [0.25, 0.3) is 0 Å². The Kier molecular flexibility index (Phi) is 4.96. The number of rotatable bonds is 5. The number of hydrogen-bond acceptors (Lipinski definition) is 2. The summed E-state index contributed by atoms with van der Waals surface area (Å²) in [4.78, 5) is 0. The number of terminal acetylenes is 1. The van der Waals surface area contributed by atoms with E-state index in [1.54, 1.807) is 6.07 Å². The quantitative estimate of drug-likeness (QED) is 0.845. The lowest BCUT2D eigenvalue weighted by atomic mass is 10.00. The molecule has 0 aliphatic rings. The van der Waals surface area contributed by atoms with Gasteiger partial charge in [-0.05, 0) is 36.5 Å². The van der Waals surface area contributed by atoms with Crippen LogP contribution in [0.4, 0.5) is 10.1 Å². The number of benzene rings is 1. The smallest absolute Gasteiger partial charge is 0.229 e. The summed E-state index contributed by atoms with van der Waals surface area (Å²) in [6.45, 7) is 4.16. The van der Waals surface area contributed by atoms with Gasteiger partial charge in [0.1, 0.15) is 5.82 Å². The molecule has 0 aliphatic carbocycles. The van der Waals surface area contributed by atoms with Gasteiger partial charge in [-0.1, -0.05) is 19.8 Å². The molecule has 0 aromatic heterocycles. The summed E-state index contributed by atoms with van der Waals surface area (Å²) in [6, 6.07) is 2.98. The zero-order valence-corrected chi connectivity index (χ0v) is 12.1. The van der Waals surface area contributed by atoms with Crippen LogP contribution in [-0.4, -0.2) is 14.7 Å². The van der Waals surface area contributed by atoms with E-state index in [0.717, 1.165) is 18.2 Å². The van der Waals surface area contributed by atoms with Gasteiger partial charge in [0.25, 0.3) is 0 Å². The first kappa shape index (κ1) is 15.5. The molecule has 0 radical (unpaired) electrons. The maximum Gasteiger partial charge on any atom is 0.229 e. The molecule has 0 amide bonds. The third kappa shape index (κ3) is 4.92. The van der Waals surface area contributed by atoms with Crippen LogP contribution in [0.1, 0.15) is 31.4 Å². The summed E-state index contributed by atoms with van der Waals surface area (Å²) in [5, 5.41) is 0. The molecule has 0 atom stereocenters. The molecule has 0 fully saturated rings. The third-order valence-corrected chi connectivity index (χ3v) is 3.18. The molecule has 3 nitrogen and oxygen atoms in total. The summed E-state index contributed by atoms with van der Waals surface area (Å²) in [7, 11) is -3.56. The van der Waals surface area contributed by atoms with Crippen molar-refractivity contribution in [1.29, 1.82) is 0 Å². The van der Waals surface area contributed by atoms with E-state index in [2.05, 4.69) is 24.5 Å². The van der Waals surface area contributed by atoms with Crippen molar-refractivity contribution in [2.24, 2.45) is 5.92 Å². The van der Waals surface area contributed by atoms with Crippen LogP contribution in [0.15, 0.2) is 12.1 Å². The Morgan fingerprint density at radius 2 is 2.05 bits per heavy atom. The highest BCUT2D eigenvalue weighted by atomic mass is 32.2. The number of anilines is 1. The number of aryl methyl sites for hydroxylation is 1. The van der Waals surface area contributed by atoms with Gasteiger partial charge < -0.3 is 0 Å². The Morgan fingerprint density at radius 1 is 1.42 bits per heavy atom. The predicted octanol–water partition coefficient (Wildman–Crippen LogP) is 2.77. The fourth-order valence-electron chi connectivity index (χ4n) is 1.67. The van der Waals surface area contributed by atoms with E-state index in [4.69, 9.17) is 6.42 Å². The van der Waals surface area contributed by atoms with Crippen molar-refractivity contribution in [1.82, 2.24) is 0 Å². The lowest BCUT2D eigenvalue weighted by Gasteiger charge is -2.11. The van der Waals surface area contributed by atoms with Gasteiger partial charge in [-0.25, -0.2) is 12.8 Å². The molecular formula is C14H18FNO2S. The molecule has 0 bridgehead atoms. The maximum atomic E-state index is 13.9. The first-order chi connectivity index (χ1) is 8.73. The first-order valence-electron chi connectivity index (χ1n) is 5.99. The Balaban J connectivity index is 3.12. The van der Waals surface area contributed by atoms with Crippen molar-refractivity contribution < 1.29 is 12.8 Å². The van der Waals surface area contributed by atoms with E-state index < -0.39 is 15.8 Å². The summed E-state index contributed by atoms with van der Waals surface area (Å²) in [6.07, 6.45) is 7.90. The minimum atomic E-state index is -3.56. The standard InChI is InChI=1S/C14H18FNO2S/c1-5-12-8-11(7-6-10(2)3)9-13(15)14(12)16-19(4,17)18/h1,8-10,16H,6-7H2,2-4H3. The fourth-order valence-corrected chi connectivity index (χ4v) is 2.24. The Hall–Kier alpha value is -1.54. The zero-order valence-electron chi connectivity index (χ0n) is 11.3. The summed E-state index contributed by atoms with van der Waals surface area (Å²) >= 11 is 0. The lowest BCUT2D eigenvalue weighted by molar-refractivity contribution is 0.581. The van der Waals surface area contributed by atoms with E-state index >= 15 is 0 Å². The predicted molar refractivity (Wildman–Crippen MR) is 76.0 cm³/mol. The Bertz CT molecular complexity index is 601. The zero-order chi connectivity index (χ0) is 14.6. The number of halogens is 1. The molecule has 1 N–H and O–H groups in total. The Labute approximate surface area is 114 Å². The minimum Gasteiger partial charge on any atom is -0.280 e. The van der Waals surface area contributed by atoms with E-state index in [1.807, 2.05) is 0 Å². The molecule has 0 spiro atoms. The maximum absolute atomic E-state index is 13.9. The molecule has 1 aromatic carbocycles. The highest BCUT2D eigenvalue weighted by Crippen LogP contribution is 2.23. The van der Waals surface area contributed by atoms with Gasteiger partial charge in [0.15, 0.2) is 0 Å². The first-order valence-corrected chi connectivity index (χ1v) is 7.89. The van der Waals surface area contributed by atoms with Crippen molar-refractivity contribution in [3.63, 3.8) is 0 Å². The van der Waals surface area contributed by atoms with Crippen LogP contribution in [0.3, 0.4) is 0 Å². The van der Waals surface area contributed by atoms with Crippen molar-refractivity contribution >= 4 is 15.7 Å². The van der Waals surface area contributed by atoms with Crippen molar-refractivity contribution in [3.8, 4) is 12.3 Å². The van der Waals surface area contributed by atoms with Gasteiger partial charge in [-0.15, -0.1) is 6.42 Å². The van der Waals surface area contributed by atoms with Gasteiger partial charge in [0.2, 0.25) is 10.0 Å². The molecule has 0 aliphatic heterocycles. The van der Waals surface area contributed by atoms with E-state index in [1.165, 1.54) is 6.07 Å². The van der Waals surface area contributed by atoms with Crippen molar-refractivity contribution in [3.05, 3.63) is 29.1 Å². The number of nitrogens with one attached hydrogen (secondary N) is 1. The van der Waals surface area contributed by atoms with Crippen LogP contribution in [0.2, 0.25) is 0 Å². The van der Waals surface area contributed by atoms with Crippen LogP contribution < -0.4 is 4.72 Å². The highest BCUT2D eigenvalue weighted by molar-refractivity contribution is 7.92. The number of sulfonamides is 1. The van der Waals surface area contributed by atoms with Gasteiger partial charge in [0, 0.05) is 0 Å². The molecular weight excluding hydrogens is 265 g/mol. The largest absolute Gasteiger partial charge is 0.280 e. The normalized spacial score (nSPS) is 11.4. The monoisotopic (exact) mass is 283 g/mol. The average molecular weight is 283 g/mol. The molecule has 0 saturated carbocycles. The molecule has 0 unspecified atom stereocenters. The SMILES string of the molecule is C#Cc1cc(CCC(C)C)cc(F)c1NS(C)(=O)=O. The molecule has 0 heterocycles. The summed E-state index contributed by atoms with van der Waals surface area (Å²) in [5.41, 5.74) is 0.848. The van der Waals surface area contributed by atoms with E-state index in [0.29, 0.717) is 12.3 Å². The molecule has 0 saturated heterocycles. The number of hydrogen-bond donors (Lipinski definition) is 1. The van der Waals surface area contributed by atoms with Crippen LogP contribution >= 0.6 is 0 Å². The van der Waals surface area contributed by atoms with Crippen LogP contribution in [0, 0.1) is 24.1 Å². The second-order valence-electron chi connectivity index (χ2n) is 4.95. The summed E-state index contributed by atoms with van der Waals surface area (Å²) in [5.74, 6) is 2.19. The molecule has 1 rings (SSSR count). The van der Waals surface area contributed by atoms with Gasteiger partial charge in [0.05, 0.1) is 17.5 Å². The van der Waals surface area contributed by atoms with Gasteiger partial charge in [-0.2, -0.15) is 0 Å². The average Bonchev–Trinajstić information content (AvgIpc) is 2.27. The van der Waals surface area contributed by atoms with Crippen molar-refractivity contribution in [2.75, 3.05) is 11.0 Å². The molecule has 1 aromatic rings. The highest BCUT2D eigenvalue weighted by Gasteiger charge is 2.13. The fraction of sp³-hybridized carbons (Fsp3) is 0.429. The van der Waals surface area contributed by atoms with Crippen molar-refractivity contribution in [2.45, 2.75) is 26.7 Å². The van der Waals surface area contributed by atoms with Gasteiger partial charge >= 0.3 is 0 Å². The molecule has 104 valence electrons. The van der Waals surface area contributed by atoms with E-state index in [9.17, 15) is 12.8 Å². The van der Waals surface area contributed by atoms with Crippen LogP contribution in [-0.2, 0) is 16.4 Å². The second-order valence-corrected chi connectivity index (χ2v) is 6.70. The van der Waals surface area contributed by atoms with Crippen LogP contribution in [0.5, 0.6) is 0 Å². The van der Waals surface area contributed by atoms with Gasteiger partial charge in [-0.3, -0.25) is 4.72 Å². The molecule has 5 heteroatoms. The topological polar surface area (TPSA) is 46.2 Å². The lowest BCUT2D eigenvalue weighted by Crippen LogP contribution is -2.12. The second kappa shape index (κ2) is 6.07. The van der Waals surface area contributed by atoms with E-state index in [-0.39, 0.29) is 11.3 Å². The third-order valence-electron chi connectivity index (χ3n) is 2.60. The minimum absolute atomic E-state index is 0.154. The summed E-state index contributed by atoms with van der Waals surface area (Å²) < 4.78 is 38.4. The Morgan fingerprint density at radius 3 is 2.53 bits per heavy atom.